The van der Waals surface area contributed by atoms with Crippen molar-refractivity contribution in [2.45, 2.75) is 52.2 Å². The number of nitrogens with zero attached hydrogens (tertiary/aromatic N) is 3. The summed E-state index contributed by atoms with van der Waals surface area (Å²) >= 11 is 1.71. The molecule has 126 valence electrons. The number of likely N-dealkylation sites (N-methyl/N-ethyl adjacent to an activating group) is 1. The van der Waals surface area contributed by atoms with E-state index in [0.29, 0.717) is 12.6 Å². The monoisotopic (exact) mass is 437 g/mol. The van der Waals surface area contributed by atoms with Crippen LogP contribution in [0.1, 0.15) is 36.6 Å². The van der Waals surface area contributed by atoms with Gasteiger partial charge in [-0.2, -0.15) is 0 Å². The summed E-state index contributed by atoms with van der Waals surface area (Å²) in [5.74, 6) is 0.876. The zero-order valence-corrected chi connectivity index (χ0v) is 17.1. The minimum absolute atomic E-state index is 0. The second-order valence-corrected chi connectivity index (χ2v) is 7.01. The van der Waals surface area contributed by atoms with Crippen molar-refractivity contribution in [2.75, 3.05) is 20.1 Å². The van der Waals surface area contributed by atoms with E-state index in [1.807, 2.05) is 6.20 Å². The topological polar surface area (TPSA) is 52.6 Å². The highest BCUT2D eigenvalue weighted by atomic mass is 127. The van der Waals surface area contributed by atoms with E-state index in [1.165, 1.54) is 17.7 Å². The highest BCUT2D eigenvalue weighted by Gasteiger charge is 2.28. The smallest absolute Gasteiger partial charge is 0.191 e. The van der Waals surface area contributed by atoms with Crippen LogP contribution in [0.4, 0.5) is 0 Å². The Bertz CT molecular complexity index is 472. The van der Waals surface area contributed by atoms with E-state index in [2.05, 4.69) is 53.3 Å². The van der Waals surface area contributed by atoms with E-state index in [0.717, 1.165) is 30.1 Å². The summed E-state index contributed by atoms with van der Waals surface area (Å²) in [7, 11) is 2.21. The SMILES string of the molecule is CCNC(=NCc1ncc(C)s1)NCC(C)N(C)C1CC1.I. The highest BCUT2D eigenvalue weighted by Crippen LogP contribution is 2.26. The highest BCUT2D eigenvalue weighted by molar-refractivity contribution is 14.0. The van der Waals surface area contributed by atoms with Crippen molar-refractivity contribution in [1.29, 1.82) is 0 Å². The minimum atomic E-state index is 0. The van der Waals surface area contributed by atoms with Crippen molar-refractivity contribution in [3.63, 3.8) is 0 Å². The number of hydrogen-bond acceptors (Lipinski definition) is 4. The summed E-state index contributed by atoms with van der Waals surface area (Å²) in [5, 5.41) is 7.79. The average molecular weight is 437 g/mol. The van der Waals surface area contributed by atoms with Gasteiger partial charge in [-0.25, -0.2) is 9.98 Å². The molecule has 1 aliphatic carbocycles. The van der Waals surface area contributed by atoms with Crippen LogP contribution in [0.5, 0.6) is 0 Å². The van der Waals surface area contributed by atoms with E-state index in [-0.39, 0.29) is 24.0 Å². The van der Waals surface area contributed by atoms with Crippen LogP contribution >= 0.6 is 35.3 Å². The summed E-state index contributed by atoms with van der Waals surface area (Å²) in [4.78, 5) is 12.7. The first-order valence-electron chi connectivity index (χ1n) is 7.75. The third-order valence-corrected chi connectivity index (χ3v) is 4.67. The number of thiazole rings is 1. The summed E-state index contributed by atoms with van der Waals surface area (Å²) < 4.78 is 0. The molecule has 0 amide bonds. The summed E-state index contributed by atoms with van der Waals surface area (Å²) in [5.41, 5.74) is 0. The maximum atomic E-state index is 4.61. The van der Waals surface area contributed by atoms with Gasteiger partial charge >= 0.3 is 0 Å². The number of guanidine groups is 1. The van der Waals surface area contributed by atoms with Gasteiger partial charge in [0.15, 0.2) is 5.96 Å². The third-order valence-electron chi connectivity index (χ3n) is 3.77. The lowest BCUT2D eigenvalue weighted by Crippen LogP contribution is -2.45. The predicted molar refractivity (Wildman–Crippen MR) is 105 cm³/mol. The van der Waals surface area contributed by atoms with E-state index < -0.39 is 0 Å². The molecule has 1 atom stereocenters. The Kier molecular flexibility index (Phi) is 8.63. The molecular formula is C15H28IN5S. The first kappa shape index (κ1) is 19.6. The standard InChI is InChI=1S/C15H27N5S.HI/c1-5-16-15(19-10-14-17-9-12(3)21-14)18-8-11(2)20(4)13-6-7-13;/h9,11,13H,5-8,10H2,1-4H3,(H2,16,18,19);1H. The maximum absolute atomic E-state index is 4.61. The minimum Gasteiger partial charge on any atom is -0.357 e. The van der Waals surface area contributed by atoms with Gasteiger partial charge in [0.05, 0.1) is 6.54 Å². The van der Waals surface area contributed by atoms with Gasteiger partial charge in [0.2, 0.25) is 0 Å². The average Bonchev–Trinajstić information content (AvgIpc) is 3.23. The van der Waals surface area contributed by atoms with Gasteiger partial charge in [-0.05, 0) is 40.7 Å². The molecule has 2 rings (SSSR count). The first-order chi connectivity index (χ1) is 10.1. The molecule has 1 aromatic heterocycles. The fraction of sp³-hybridized carbons (Fsp3) is 0.733. The molecule has 1 fully saturated rings. The second kappa shape index (κ2) is 9.67. The molecule has 0 spiro atoms. The Balaban J connectivity index is 0.00000242. The number of nitrogens with one attached hydrogen (secondary N) is 2. The molecule has 1 aliphatic rings. The van der Waals surface area contributed by atoms with Gasteiger partial charge in [0.1, 0.15) is 5.01 Å². The van der Waals surface area contributed by atoms with Gasteiger partial charge in [-0.3, -0.25) is 4.90 Å². The van der Waals surface area contributed by atoms with E-state index in [1.54, 1.807) is 11.3 Å². The molecule has 1 aromatic rings. The molecule has 0 bridgehead atoms. The van der Waals surface area contributed by atoms with Crippen molar-refractivity contribution in [3.8, 4) is 0 Å². The lowest BCUT2D eigenvalue weighted by molar-refractivity contribution is 0.247. The van der Waals surface area contributed by atoms with Crippen LogP contribution in [0, 0.1) is 6.92 Å². The van der Waals surface area contributed by atoms with Gasteiger partial charge in [0.25, 0.3) is 0 Å². The zero-order valence-electron chi connectivity index (χ0n) is 13.9. The van der Waals surface area contributed by atoms with Crippen LogP contribution in [0.15, 0.2) is 11.2 Å². The molecule has 0 aliphatic heterocycles. The molecule has 5 nitrogen and oxygen atoms in total. The van der Waals surface area contributed by atoms with Crippen LogP contribution in [-0.2, 0) is 6.54 Å². The van der Waals surface area contributed by atoms with Crippen molar-refractivity contribution >= 4 is 41.3 Å². The van der Waals surface area contributed by atoms with Crippen LogP contribution in [-0.4, -0.2) is 48.1 Å². The van der Waals surface area contributed by atoms with E-state index in [9.17, 15) is 0 Å². The summed E-state index contributed by atoms with van der Waals surface area (Å²) in [6.07, 6.45) is 4.60. The lowest BCUT2D eigenvalue weighted by Gasteiger charge is -2.25. The molecular weight excluding hydrogens is 409 g/mol. The molecule has 7 heteroatoms. The van der Waals surface area contributed by atoms with Crippen LogP contribution in [0.25, 0.3) is 0 Å². The van der Waals surface area contributed by atoms with Gasteiger partial charge in [0, 0.05) is 36.2 Å². The molecule has 22 heavy (non-hydrogen) atoms. The van der Waals surface area contributed by atoms with Crippen LogP contribution < -0.4 is 10.6 Å². The fourth-order valence-corrected chi connectivity index (χ4v) is 2.90. The van der Waals surface area contributed by atoms with Gasteiger partial charge in [-0.15, -0.1) is 35.3 Å². The lowest BCUT2D eigenvalue weighted by atomic mass is 10.3. The van der Waals surface area contributed by atoms with Crippen molar-refractivity contribution in [1.82, 2.24) is 20.5 Å². The molecule has 1 saturated carbocycles. The number of halogens is 1. The summed E-state index contributed by atoms with van der Waals surface area (Å²) in [6.45, 7) is 8.85. The van der Waals surface area contributed by atoms with Gasteiger partial charge < -0.3 is 10.6 Å². The van der Waals surface area contributed by atoms with Gasteiger partial charge in [-0.1, -0.05) is 0 Å². The Hall–Kier alpha value is -0.410. The number of aromatic nitrogens is 1. The molecule has 1 heterocycles. The Morgan fingerprint density at radius 1 is 1.50 bits per heavy atom. The zero-order chi connectivity index (χ0) is 15.2. The van der Waals surface area contributed by atoms with E-state index >= 15 is 0 Å². The van der Waals surface area contributed by atoms with E-state index in [4.69, 9.17) is 0 Å². The Morgan fingerprint density at radius 3 is 2.77 bits per heavy atom. The number of rotatable bonds is 7. The Labute approximate surface area is 155 Å². The quantitative estimate of drug-likeness (QED) is 0.391. The molecule has 0 aromatic carbocycles. The maximum Gasteiger partial charge on any atom is 0.191 e. The summed E-state index contributed by atoms with van der Waals surface area (Å²) in [6, 6.07) is 1.31. The van der Waals surface area contributed by atoms with Crippen molar-refractivity contribution in [3.05, 3.63) is 16.1 Å². The number of aliphatic imine (C=N–C) groups is 1. The predicted octanol–water partition coefficient (Wildman–Crippen LogP) is 2.61. The Morgan fingerprint density at radius 2 is 2.23 bits per heavy atom. The molecule has 1 unspecified atom stereocenters. The first-order valence-corrected chi connectivity index (χ1v) is 8.57. The second-order valence-electron chi connectivity index (χ2n) is 5.69. The largest absolute Gasteiger partial charge is 0.357 e. The van der Waals surface area contributed by atoms with Crippen LogP contribution in [0.2, 0.25) is 0 Å². The van der Waals surface area contributed by atoms with Crippen molar-refractivity contribution < 1.29 is 0 Å². The molecule has 0 saturated heterocycles. The number of aryl methyl sites for hydroxylation is 1. The third kappa shape index (κ3) is 6.37. The van der Waals surface area contributed by atoms with Crippen LogP contribution in [0.3, 0.4) is 0 Å². The normalized spacial score (nSPS) is 16.3. The molecule has 0 radical (unpaired) electrons. The van der Waals surface area contributed by atoms with Crippen molar-refractivity contribution in [2.24, 2.45) is 4.99 Å². The molecule has 2 N–H and O–H groups in total. The fourth-order valence-electron chi connectivity index (χ4n) is 2.19. The number of hydrogen-bond donors (Lipinski definition) is 2.